The number of hydrogen-bond acceptors (Lipinski definition) is 4. The minimum atomic E-state index is -0.465. The highest BCUT2D eigenvalue weighted by Gasteiger charge is 1.98. The first kappa shape index (κ1) is 11.8. The molecule has 0 aliphatic rings. The lowest BCUT2D eigenvalue weighted by molar-refractivity contribution is 0.172. The molecule has 5 nitrogen and oxygen atoms in total. The van der Waals surface area contributed by atoms with E-state index in [1.807, 2.05) is 0 Å². The third-order valence-electron chi connectivity index (χ3n) is 1.52. The molecular formula is C9H11BrN2O3. The summed E-state index contributed by atoms with van der Waals surface area (Å²) < 4.78 is 9.51. The van der Waals surface area contributed by atoms with Gasteiger partial charge in [0.25, 0.3) is 0 Å². The molecule has 1 rings (SSSR count). The van der Waals surface area contributed by atoms with E-state index in [9.17, 15) is 4.79 Å². The van der Waals surface area contributed by atoms with Gasteiger partial charge in [0.2, 0.25) is 5.89 Å². The Labute approximate surface area is 95.6 Å². The molecule has 0 spiro atoms. The molecular weight excluding hydrogens is 264 g/mol. The number of oxazole rings is 1. The van der Waals surface area contributed by atoms with Crippen LogP contribution >= 0.6 is 15.9 Å². The van der Waals surface area contributed by atoms with E-state index in [4.69, 9.17) is 4.42 Å². The van der Waals surface area contributed by atoms with Crippen molar-refractivity contribution < 1.29 is 13.9 Å². The fourth-order valence-electron chi connectivity index (χ4n) is 0.835. The van der Waals surface area contributed by atoms with Crippen molar-refractivity contribution in [2.45, 2.75) is 5.33 Å². The molecule has 0 aromatic carbocycles. The van der Waals surface area contributed by atoms with Crippen LogP contribution in [0, 0.1) is 0 Å². The Hall–Kier alpha value is -1.30. The van der Waals surface area contributed by atoms with Crippen LogP contribution < -0.4 is 5.32 Å². The van der Waals surface area contributed by atoms with E-state index in [1.165, 1.54) is 7.11 Å². The number of carbonyl (C=O) groups excluding carboxylic acids is 1. The lowest BCUT2D eigenvalue weighted by atomic mass is 10.5. The van der Waals surface area contributed by atoms with Gasteiger partial charge in [-0.25, -0.2) is 9.78 Å². The summed E-state index contributed by atoms with van der Waals surface area (Å²) in [6.07, 6.45) is 4.51. The number of hydrogen-bond donors (Lipinski definition) is 1. The van der Waals surface area contributed by atoms with E-state index in [-0.39, 0.29) is 0 Å². The highest BCUT2D eigenvalue weighted by Crippen LogP contribution is 2.06. The van der Waals surface area contributed by atoms with Gasteiger partial charge in [0.05, 0.1) is 12.8 Å². The highest BCUT2D eigenvalue weighted by atomic mass is 79.9. The van der Waals surface area contributed by atoms with E-state index < -0.39 is 6.09 Å². The molecule has 1 aromatic heterocycles. The predicted molar refractivity (Wildman–Crippen MR) is 58.6 cm³/mol. The van der Waals surface area contributed by atoms with Gasteiger partial charge in [-0.05, 0) is 6.08 Å². The Morgan fingerprint density at radius 3 is 3.20 bits per heavy atom. The molecule has 1 N–H and O–H groups in total. The van der Waals surface area contributed by atoms with Crippen LogP contribution in [0.4, 0.5) is 4.79 Å². The molecule has 0 atom stereocenters. The van der Waals surface area contributed by atoms with Crippen molar-refractivity contribution in [2.75, 3.05) is 13.7 Å². The van der Waals surface area contributed by atoms with Crippen molar-refractivity contribution in [2.24, 2.45) is 0 Å². The number of carbonyl (C=O) groups is 1. The minimum absolute atomic E-state index is 0.374. The van der Waals surface area contributed by atoms with Crippen LogP contribution in [0.15, 0.2) is 16.8 Å². The van der Waals surface area contributed by atoms with Crippen molar-refractivity contribution in [3.8, 4) is 0 Å². The van der Waals surface area contributed by atoms with Gasteiger partial charge in [-0.15, -0.1) is 0 Å². The molecule has 0 radical (unpaired) electrons. The summed E-state index contributed by atoms with van der Waals surface area (Å²) in [5.41, 5.74) is 0.829. The van der Waals surface area contributed by atoms with Crippen LogP contribution in [0.5, 0.6) is 0 Å². The Morgan fingerprint density at radius 2 is 2.60 bits per heavy atom. The second-order valence-corrected chi connectivity index (χ2v) is 3.15. The number of nitrogens with one attached hydrogen (secondary N) is 1. The van der Waals surface area contributed by atoms with Gasteiger partial charge >= 0.3 is 6.09 Å². The lowest BCUT2D eigenvalue weighted by Gasteiger charge is -1.97. The van der Waals surface area contributed by atoms with Gasteiger partial charge in [0.1, 0.15) is 6.26 Å². The average molecular weight is 275 g/mol. The van der Waals surface area contributed by atoms with Crippen molar-refractivity contribution in [3.05, 3.63) is 23.9 Å². The number of ether oxygens (including phenoxy) is 1. The third-order valence-corrected chi connectivity index (χ3v) is 2.09. The van der Waals surface area contributed by atoms with Crippen molar-refractivity contribution >= 4 is 28.1 Å². The summed E-state index contributed by atoms with van der Waals surface area (Å²) in [6, 6.07) is 0. The maximum atomic E-state index is 10.7. The molecule has 0 saturated carbocycles. The van der Waals surface area contributed by atoms with Crippen molar-refractivity contribution in [3.63, 3.8) is 0 Å². The first-order valence-corrected chi connectivity index (χ1v) is 5.37. The number of alkyl carbamates (subject to hydrolysis) is 1. The van der Waals surface area contributed by atoms with E-state index in [0.29, 0.717) is 17.8 Å². The minimum Gasteiger partial charge on any atom is -0.453 e. The molecule has 1 amide bonds. The first-order valence-electron chi connectivity index (χ1n) is 4.25. The number of rotatable bonds is 4. The van der Waals surface area contributed by atoms with Gasteiger partial charge in [-0.3, -0.25) is 0 Å². The van der Waals surface area contributed by atoms with Gasteiger partial charge in [0.15, 0.2) is 0 Å². The Bertz CT molecular complexity index is 349. The van der Waals surface area contributed by atoms with Crippen LogP contribution in [-0.4, -0.2) is 24.7 Å². The Morgan fingerprint density at radius 1 is 1.80 bits per heavy atom. The second kappa shape index (κ2) is 6.23. The second-order valence-electron chi connectivity index (χ2n) is 2.59. The SMILES string of the molecule is COC(=O)NC/C=C\c1nc(CBr)co1. The molecule has 1 heterocycles. The number of halogens is 1. The largest absolute Gasteiger partial charge is 0.453 e. The van der Waals surface area contributed by atoms with Gasteiger partial charge in [-0.1, -0.05) is 22.0 Å². The summed E-state index contributed by atoms with van der Waals surface area (Å²) in [7, 11) is 1.31. The number of methoxy groups -OCH3 is 1. The summed E-state index contributed by atoms with van der Waals surface area (Å²) in [4.78, 5) is 14.8. The molecule has 0 unspecified atom stereocenters. The standard InChI is InChI=1S/C9H11BrN2O3/c1-14-9(13)11-4-2-3-8-12-7(5-10)6-15-8/h2-3,6H,4-5H2,1H3,(H,11,13)/b3-2-. The topological polar surface area (TPSA) is 64.4 Å². The zero-order valence-electron chi connectivity index (χ0n) is 8.20. The average Bonchev–Trinajstić information content (AvgIpc) is 2.72. The normalized spacial score (nSPS) is 10.5. The van der Waals surface area contributed by atoms with Gasteiger partial charge < -0.3 is 14.5 Å². The molecule has 6 heteroatoms. The maximum absolute atomic E-state index is 10.7. The predicted octanol–water partition coefficient (Wildman–Crippen LogP) is 1.94. The smallest absolute Gasteiger partial charge is 0.407 e. The van der Waals surface area contributed by atoms with Crippen LogP contribution in [0.1, 0.15) is 11.6 Å². The Kier molecular flexibility index (Phi) is 4.89. The first-order chi connectivity index (χ1) is 7.26. The lowest BCUT2D eigenvalue weighted by Crippen LogP contribution is -2.22. The van der Waals surface area contributed by atoms with Crippen molar-refractivity contribution in [1.82, 2.24) is 10.3 Å². The summed E-state index contributed by atoms with van der Waals surface area (Å²) >= 11 is 3.26. The Balaban J connectivity index is 2.34. The van der Waals surface area contributed by atoms with Crippen LogP contribution in [0.2, 0.25) is 0 Å². The zero-order chi connectivity index (χ0) is 11.1. The maximum Gasteiger partial charge on any atom is 0.407 e. The summed E-state index contributed by atoms with van der Waals surface area (Å²) in [6.45, 7) is 0.374. The van der Waals surface area contributed by atoms with Crippen LogP contribution in [-0.2, 0) is 10.1 Å². The summed E-state index contributed by atoms with van der Waals surface area (Å²) in [5, 5.41) is 3.15. The third kappa shape index (κ3) is 4.16. The number of aromatic nitrogens is 1. The molecule has 1 aromatic rings. The fourth-order valence-corrected chi connectivity index (χ4v) is 1.09. The molecule has 0 fully saturated rings. The zero-order valence-corrected chi connectivity index (χ0v) is 9.78. The van der Waals surface area contributed by atoms with Gasteiger partial charge in [-0.2, -0.15) is 0 Å². The molecule has 0 bridgehead atoms. The monoisotopic (exact) mass is 274 g/mol. The van der Waals surface area contributed by atoms with E-state index in [0.717, 1.165) is 5.69 Å². The highest BCUT2D eigenvalue weighted by molar-refractivity contribution is 9.08. The quantitative estimate of drug-likeness (QED) is 0.853. The van der Waals surface area contributed by atoms with E-state index in [2.05, 4.69) is 31.0 Å². The number of alkyl halides is 1. The number of nitrogens with zero attached hydrogens (tertiary/aromatic N) is 1. The molecule has 15 heavy (non-hydrogen) atoms. The van der Waals surface area contributed by atoms with Crippen LogP contribution in [0.3, 0.4) is 0 Å². The van der Waals surface area contributed by atoms with Crippen molar-refractivity contribution in [1.29, 1.82) is 0 Å². The molecule has 0 aliphatic carbocycles. The molecule has 0 aliphatic heterocycles. The van der Waals surface area contributed by atoms with Crippen LogP contribution in [0.25, 0.3) is 6.08 Å². The van der Waals surface area contributed by atoms with E-state index in [1.54, 1.807) is 18.4 Å². The van der Waals surface area contributed by atoms with E-state index >= 15 is 0 Å². The molecule has 0 saturated heterocycles. The molecule has 82 valence electrons. The number of amides is 1. The summed E-state index contributed by atoms with van der Waals surface area (Å²) in [5.74, 6) is 0.510. The van der Waals surface area contributed by atoms with Gasteiger partial charge in [0, 0.05) is 11.9 Å². The fraction of sp³-hybridized carbons (Fsp3) is 0.333.